The lowest BCUT2D eigenvalue weighted by Gasteiger charge is -2.09. The van der Waals surface area contributed by atoms with Gasteiger partial charge in [-0.1, -0.05) is 42.5 Å². The van der Waals surface area contributed by atoms with E-state index in [1.54, 1.807) is 42.5 Å². The zero-order valence-electron chi connectivity index (χ0n) is 17.2. The minimum Gasteiger partial charge on any atom is -0.439 e. The van der Waals surface area contributed by atoms with Crippen LogP contribution in [0.5, 0.6) is 11.6 Å². The monoisotopic (exact) mass is 428 g/mol. The van der Waals surface area contributed by atoms with Crippen molar-refractivity contribution in [2.45, 2.75) is 13.1 Å². The van der Waals surface area contributed by atoms with Gasteiger partial charge in [0.05, 0.1) is 5.69 Å². The number of aromatic nitrogens is 2. The normalized spacial score (nSPS) is 10.6. The fourth-order valence-corrected chi connectivity index (χ4v) is 3.11. The van der Waals surface area contributed by atoms with Crippen LogP contribution in [0.4, 0.5) is 4.39 Å². The van der Waals surface area contributed by atoms with Crippen LogP contribution in [0.25, 0.3) is 11.1 Å². The topological polar surface area (TPSA) is 90.1 Å². The van der Waals surface area contributed by atoms with Crippen LogP contribution in [0.3, 0.4) is 0 Å². The molecular formula is C25H21FN4O2. The van der Waals surface area contributed by atoms with E-state index in [0.717, 1.165) is 16.7 Å². The molecule has 1 heterocycles. The van der Waals surface area contributed by atoms with Gasteiger partial charge in [-0.2, -0.15) is 0 Å². The van der Waals surface area contributed by atoms with Gasteiger partial charge in [0.15, 0.2) is 0 Å². The number of hydrogen-bond acceptors (Lipinski definition) is 5. The van der Waals surface area contributed by atoms with Crippen molar-refractivity contribution >= 4 is 5.91 Å². The van der Waals surface area contributed by atoms with Gasteiger partial charge >= 0.3 is 0 Å². The highest BCUT2D eigenvalue weighted by atomic mass is 19.1. The Hall–Kier alpha value is -4.10. The Morgan fingerprint density at radius 1 is 0.938 bits per heavy atom. The van der Waals surface area contributed by atoms with Crippen LogP contribution in [-0.4, -0.2) is 15.9 Å². The molecule has 0 spiro atoms. The van der Waals surface area contributed by atoms with Crippen LogP contribution in [-0.2, 0) is 13.1 Å². The number of carbonyl (C=O) groups is 1. The first kappa shape index (κ1) is 21.1. The van der Waals surface area contributed by atoms with E-state index in [4.69, 9.17) is 10.5 Å². The van der Waals surface area contributed by atoms with E-state index >= 15 is 0 Å². The van der Waals surface area contributed by atoms with Gasteiger partial charge in [-0.3, -0.25) is 4.79 Å². The summed E-state index contributed by atoms with van der Waals surface area (Å²) in [5.74, 6) is 0.366. The smallest absolute Gasteiger partial charge is 0.251 e. The molecule has 4 aromatic rings. The lowest BCUT2D eigenvalue weighted by molar-refractivity contribution is 0.0950. The second-order valence-corrected chi connectivity index (χ2v) is 7.07. The van der Waals surface area contributed by atoms with Gasteiger partial charge in [0.25, 0.3) is 5.91 Å². The van der Waals surface area contributed by atoms with Crippen molar-refractivity contribution in [1.82, 2.24) is 15.3 Å². The molecule has 0 aliphatic rings. The van der Waals surface area contributed by atoms with E-state index in [0.29, 0.717) is 29.4 Å². The molecule has 0 bridgehead atoms. The van der Waals surface area contributed by atoms with Gasteiger partial charge in [-0.15, -0.1) is 0 Å². The maximum atomic E-state index is 13.1. The summed E-state index contributed by atoms with van der Waals surface area (Å²) in [5, 5.41) is 2.91. The first-order valence-electron chi connectivity index (χ1n) is 10.0. The molecule has 3 N–H and O–H groups in total. The Morgan fingerprint density at radius 2 is 1.66 bits per heavy atom. The quantitative estimate of drug-likeness (QED) is 0.453. The fraction of sp³-hybridized carbons (Fsp3) is 0.0800. The molecule has 0 fully saturated rings. The Morgan fingerprint density at radius 3 is 2.38 bits per heavy atom. The summed E-state index contributed by atoms with van der Waals surface area (Å²) in [4.78, 5) is 20.7. The fourth-order valence-electron chi connectivity index (χ4n) is 3.11. The highest BCUT2D eigenvalue weighted by molar-refractivity contribution is 5.94. The molecule has 0 unspecified atom stereocenters. The summed E-state index contributed by atoms with van der Waals surface area (Å²) in [7, 11) is 0. The number of hydrogen-bond donors (Lipinski definition) is 2. The molecule has 1 aromatic heterocycles. The van der Waals surface area contributed by atoms with Gasteiger partial charge < -0.3 is 15.8 Å². The number of nitrogens with two attached hydrogens (primary N) is 1. The Kier molecular flexibility index (Phi) is 6.48. The van der Waals surface area contributed by atoms with Crippen LogP contribution >= 0.6 is 0 Å². The summed E-state index contributed by atoms with van der Waals surface area (Å²) in [6.45, 7) is 0.658. The Bertz CT molecular complexity index is 1210. The van der Waals surface area contributed by atoms with Gasteiger partial charge in [0.1, 0.15) is 17.9 Å². The predicted molar refractivity (Wildman–Crippen MR) is 119 cm³/mol. The van der Waals surface area contributed by atoms with Crippen LogP contribution in [0, 0.1) is 5.82 Å². The summed E-state index contributed by atoms with van der Waals surface area (Å²) < 4.78 is 18.8. The molecule has 1 amide bonds. The lowest BCUT2D eigenvalue weighted by atomic mass is 10.0. The van der Waals surface area contributed by atoms with Crippen molar-refractivity contribution in [2.75, 3.05) is 0 Å². The molecule has 0 aliphatic heterocycles. The molecule has 0 aliphatic carbocycles. The first-order chi connectivity index (χ1) is 15.6. The zero-order valence-corrected chi connectivity index (χ0v) is 17.2. The maximum Gasteiger partial charge on any atom is 0.251 e. The van der Waals surface area contributed by atoms with E-state index < -0.39 is 0 Å². The maximum absolute atomic E-state index is 13.1. The molecule has 160 valence electrons. The summed E-state index contributed by atoms with van der Waals surface area (Å²) >= 11 is 0. The van der Waals surface area contributed by atoms with E-state index in [9.17, 15) is 9.18 Å². The average Bonchev–Trinajstić information content (AvgIpc) is 2.84. The standard InChI is InChI=1S/C25H21FN4O2/c26-21-10-8-19(9-11-21)18-6-4-17(5-7-18)15-28-25(31)20-2-1-3-23(12-20)32-24-13-22(14-27)29-16-30-24/h1-13,16H,14-15,27H2,(H,28,31). The summed E-state index contributed by atoms with van der Waals surface area (Å²) in [6.07, 6.45) is 1.38. The molecule has 0 saturated heterocycles. The van der Waals surface area contributed by atoms with E-state index in [2.05, 4.69) is 15.3 Å². The molecule has 0 atom stereocenters. The zero-order chi connectivity index (χ0) is 22.3. The number of halogens is 1. The minimum absolute atomic E-state index is 0.219. The van der Waals surface area contributed by atoms with Gasteiger partial charge in [-0.05, 0) is 47.0 Å². The van der Waals surface area contributed by atoms with Crippen LogP contribution < -0.4 is 15.8 Å². The number of ether oxygens (including phenoxy) is 1. The third-order valence-electron chi connectivity index (χ3n) is 4.81. The van der Waals surface area contributed by atoms with Crippen molar-refractivity contribution in [3.63, 3.8) is 0 Å². The third kappa shape index (κ3) is 5.33. The predicted octanol–water partition coefficient (Wildman–Crippen LogP) is 4.46. The molecule has 7 heteroatoms. The number of benzene rings is 3. The van der Waals surface area contributed by atoms with Crippen molar-refractivity contribution in [3.05, 3.63) is 108 Å². The van der Waals surface area contributed by atoms with E-state index in [1.807, 2.05) is 24.3 Å². The van der Waals surface area contributed by atoms with Crippen LogP contribution in [0.15, 0.2) is 85.2 Å². The number of nitrogens with zero attached hydrogens (tertiary/aromatic N) is 2. The molecule has 32 heavy (non-hydrogen) atoms. The lowest BCUT2D eigenvalue weighted by Crippen LogP contribution is -2.22. The largest absolute Gasteiger partial charge is 0.439 e. The Balaban J connectivity index is 1.37. The van der Waals surface area contributed by atoms with Crippen molar-refractivity contribution < 1.29 is 13.9 Å². The molecule has 0 saturated carbocycles. The van der Waals surface area contributed by atoms with Gasteiger partial charge in [0, 0.05) is 24.7 Å². The number of carbonyl (C=O) groups excluding carboxylic acids is 1. The van der Waals surface area contributed by atoms with Crippen LogP contribution in [0.2, 0.25) is 0 Å². The Labute approximate surface area is 184 Å². The van der Waals surface area contributed by atoms with E-state index in [-0.39, 0.29) is 18.3 Å². The van der Waals surface area contributed by atoms with Crippen molar-refractivity contribution in [2.24, 2.45) is 5.73 Å². The summed E-state index contributed by atoms with van der Waals surface area (Å²) in [5.41, 5.74) is 9.58. The van der Waals surface area contributed by atoms with E-state index in [1.165, 1.54) is 18.5 Å². The molecule has 6 nitrogen and oxygen atoms in total. The highest BCUT2D eigenvalue weighted by Crippen LogP contribution is 2.22. The SMILES string of the molecule is NCc1cc(Oc2cccc(C(=O)NCc3ccc(-c4ccc(F)cc4)cc3)c2)ncn1. The van der Waals surface area contributed by atoms with Gasteiger partial charge in [-0.25, -0.2) is 14.4 Å². The molecule has 3 aromatic carbocycles. The number of nitrogens with one attached hydrogen (secondary N) is 1. The highest BCUT2D eigenvalue weighted by Gasteiger charge is 2.08. The van der Waals surface area contributed by atoms with Crippen molar-refractivity contribution in [3.8, 4) is 22.8 Å². The summed E-state index contributed by atoms with van der Waals surface area (Å²) in [6, 6.07) is 22.6. The number of amides is 1. The minimum atomic E-state index is -0.264. The second kappa shape index (κ2) is 9.80. The third-order valence-corrected chi connectivity index (χ3v) is 4.81. The number of rotatable bonds is 7. The van der Waals surface area contributed by atoms with Crippen LogP contribution in [0.1, 0.15) is 21.6 Å². The van der Waals surface area contributed by atoms with Crippen molar-refractivity contribution in [1.29, 1.82) is 0 Å². The molecule has 4 rings (SSSR count). The average molecular weight is 428 g/mol. The second-order valence-electron chi connectivity index (χ2n) is 7.07. The molecule has 0 radical (unpaired) electrons. The van der Waals surface area contributed by atoms with Gasteiger partial charge in [0.2, 0.25) is 5.88 Å². The molecular weight excluding hydrogens is 407 g/mol. The first-order valence-corrected chi connectivity index (χ1v) is 10.0.